The molecule has 0 bridgehead atoms. The van der Waals surface area contributed by atoms with Crippen molar-refractivity contribution in [3.8, 4) is 0 Å². The number of carbonyl (C=O) groups excluding carboxylic acids is 1. The summed E-state index contributed by atoms with van der Waals surface area (Å²) in [5, 5.41) is 0. The van der Waals surface area contributed by atoms with Gasteiger partial charge in [-0.3, -0.25) is 10.2 Å². The molecule has 4 nitrogen and oxygen atoms in total. The summed E-state index contributed by atoms with van der Waals surface area (Å²) in [4.78, 5) is 11.3. The van der Waals surface area contributed by atoms with Crippen LogP contribution in [-0.2, 0) is 9.53 Å². The molecule has 0 aliphatic carbocycles. The Balaban J connectivity index is 4.36. The van der Waals surface area contributed by atoms with Gasteiger partial charge < -0.3 is 4.74 Å². The first-order valence-corrected chi connectivity index (χ1v) is 4.46. The van der Waals surface area contributed by atoms with Crippen molar-refractivity contribution >= 4 is 5.91 Å². The quantitative estimate of drug-likeness (QED) is 0.391. The van der Waals surface area contributed by atoms with Crippen molar-refractivity contribution < 1.29 is 9.53 Å². The Kier molecular flexibility index (Phi) is 4.36. The third kappa shape index (κ3) is 4.85. The lowest BCUT2D eigenvalue weighted by atomic mass is 10.1. The van der Waals surface area contributed by atoms with Crippen molar-refractivity contribution in [3.05, 3.63) is 0 Å². The van der Waals surface area contributed by atoms with Crippen molar-refractivity contribution in [1.82, 2.24) is 5.43 Å². The van der Waals surface area contributed by atoms with Gasteiger partial charge in [0.1, 0.15) is 6.10 Å². The average Bonchev–Trinajstić information content (AvgIpc) is 1.96. The van der Waals surface area contributed by atoms with Crippen LogP contribution in [0.3, 0.4) is 0 Å². The first-order valence-electron chi connectivity index (χ1n) is 4.46. The van der Waals surface area contributed by atoms with Crippen molar-refractivity contribution in [1.29, 1.82) is 0 Å². The molecule has 0 aromatic rings. The summed E-state index contributed by atoms with van der Waals surface area (Å²) >= 11 is 0. The van der Waals surface area contributed by atoms with Crippen LogP contribution in [0.15, 0.2) is 0 Å². The molecule has 1 atom stereocenters. The molecular weight excluding hydrogens is 168 g/mol. The molecule has 0 aliphatic rings. The van der Waals surface area contributed by atoms with E-state index in [4.69, 9.17) is 10.6 Å². The fourth-order valence-electron chi connectivity index (χ4n) is 0.955. The number of amides is 1. The summed E-state index contributed by atoms with van der Waals surface area (Å²) in [6.45, 7) is 9.57. The number of hydrogen-bond donors (Lipinski definition) is 2. The van der Waals surface area contributed by atoms with Crippen molar-refractivity contribution in [2.24, 2.45) is 11.8 Å². The first kappa shape index (κ1) is 12.4. The van der Waals surface area contributed by atoms with Gasteiger partial charge in [-0.1, -0.05) is 13.8 Å². The van der Waals surface area contributed by atoms with E-state index in [1.54, 1.807) is 0 Å². The Morgan fingerprint density at radius 3 is 2.08 bits per heavy atom. The number of nitrogens with one attached hydrogen (secondary N) is 1. The van der Waals surface area contributed by atoms with Crippen LogP contribution in [0.2, 0.25) is 0 Å². The van der Waals surface area contributed by atoms with Crippen LogP contribution in [0, 0.1) is 5.92 Å². The third-order valence-corrected chi connectivity index (χ3v) is 1.49. The average molecular weight is 188 g/mol. The molecule has 0 heterocycles. The molecule has 0 spiro atoms. The van der Waals surface area contributed by atoms with Crippen LogP contribution < -0.4 is 11.3 Å². The van der Waals surface area contributed by atoms with Crippen molar-refractivity contribution in [2.75, 3.05) is 0 Å². The molecule has 0 radical (unpaired) electrons. The van der Waals surface area contributed by atoms with Crippen LogP contribution >= 0.6 is 0 Å². The highest BCUT2D eigenvalue weighted by Gasteiger charge is 2.27. The van der Waals surface area contributed by atoms with E-state index in [0.29, 0.717) is 0 Å². The van der Waals surface area contributed by atoms with Crippen LogP contribution in [0.5, 0.6) is 0 Å². The van der Waals surface area contributed by atoms with Gasteiger partial charge in [0.15, 0.2) is 0 Å². The van der Waals surface area contributed by atoms with Gasteiger partial charge in [0.05, 0.1) is 5.60 Å². The Morgan fingerprint density at radius 2 is 1.85 bits per heavy atom. The number of hydrazine groups is 1. The zero-order valence-electron chi connectivity index (χ0n) is 9.05. The largest absolute Gasteiger partial charge is 0.362 e. The number of nitrogens with two attached hydrogens (primary N) is 1. The fraction of sp³-hybridized carbons (Fsp3) is 0.889. The van der Waals surface area contributed by atoms with E-state index in [0.717, 1.165) is 0 Å². The zero-order chi connectivity index (χ0) is 10.6. The summed E-state index contributed by atoms with van der Waals surface area (Å²) in [6.07, 6.45) is -0.481. The SMILES string of the molecule is CC(C)C(OC(C)(C)C)C(=O)NN. The van der Waals surface area contributed by atoms with Crippen LogP contribution in [0.1, 0.15) is 34.6 Å². The molecule has 78 valence electrons. The van der Waals surface area contributed by atoms with E-state index in [1.165, 1.54) is 0 Å². The Labute approximate surface area is 79.8 Å². The lowest BCUT2D eigenvalue weighted by Gasteiger charge is -2.28. The topological polar surface area (TPSA) is 64.3 Å². The van der Waals surface area contributed by atoms with Gasteiger partial charge in [-0.25, -0.2) is 5.84 Å². The maximum atomic E-state index is 11.3. The monoisotopic (exact) mass is 188 g/mol. The normalized spacial score (nSPS) is 14.4. The molecule has 4 heteroatoms. The third-order valence-electron chi connectivity index (χ3n) is 1.49. The van der Waals surface area contributed by atoms with E-state index in [9.17, 15) is 4.79 Å². The van der Waals surface area contributed by atoms with Gasteiger partial charge in [-0.15, -0.1) is 0 Å². The molecule has 1 unspecified atom stereocenters. The first-order chi connectivity index (χ1) is 5.78. The second-order valence-electron chi connectivity index (χ2n) is 4.40. The number of hydrogen-bond acceptors (Lipinski definition) is 3. The van der Waals surface area contributed by atoms with Gasteiger partial charge in [0.2, 0.25) is 0 Å². The highest BCUT2D eigenvalue weighted by molar-refractivity contribution is 5.80. The molecule has 0 fully saturated rings. The number of rotatable bonds is 3. The van der Waals surface area contributed by atoms with E-state index in [-0.39, 0.29) is 17.4 Å². The number of ether oxygens (including phenoxy) is 1. The lowest BCUT2D eigenvalue weighted by molar-refractivity contribution is -0.147. The summed E-state index contributed by atoms with van der Waals surface area (Å²) < 4.78 is 5.56. The molecule has 0 aliphatic heterocycles. The van der Waals surface area contributed by atoms with Crippen molar-refractivity contribution in [2.45, 2.75) is 46.3 Å². The summed E-state index contributed by atoms with van der Waals surface area (Å²) in [5.41, 5.74) is 1.77. The van der Waals surface area contributed by atoms with Gasteiger partial charge in [0, 0.05) is 0 Å². The summed E-state index contributed by atoms with van der Waals surface area (Å²) in [7, 11) is 0. The van der Waals surface area contributed by atoms with Crippen LogP contribution in [0.25, 0.3) is 0 Å². The van der Waals surface area contributed by atoms with Crippen LogP contribution in [0.4, 0.5) is 0 Å². The molecule has 1 amide bonds. The highest BCUT2D eigenvalue weighted by atomic mass is 16.5. The molecule has 0 aromatic heterocycles. The minimum Gasteiger partial charge on any atom is -0.362 e. The number of carbonyl (C=O) groups is 1. The predicted molar refractivity (Wildman–Crippen MR) is 51.8 cm³/mol. The Bertz CT molecular complexity index is 173. The minimum atomic E-state index is -0.481. The van der Waals surface area contributed by atoms with Gasteiger partial charge in [0.25, 0.3) is 5.91 Å². The highest BCUT2D eigenvalue weighted by Crippen LogP contribution is 2.16. The molecule has 3 N–H and O–H groups in total. The maximum Gasteiger partial charge on any atom is 0.263 e. The fourth-order valence-corrected chi connectivity index (χ4v) is 0.955. The second-order valence-corrected chi connectivity index (χ2v) is 4.40. The van der Waals surface area contributed by atoms with Gasteiger partial charge >= 0.3 is 0 Å². The van der Waals surface area contributed by atoms with E-state index >= 15 is 0 Å². The van der Waals surface area contributed by atoms with Crippen LogP contribution in [-0.4, -0.2) is 17.6 Å². The minimum absolute atomic E-state index is 0.114. The van der Waals surface area contributed by atoms with E-state index in [1.807, 2.05) is 34.6 Å². The molecule has 13 heavy (non-hydrogen) atoms. The second kappa shape index (κ2) is 4.58. The standard InChI is InChI=1S/C9H20N2O2/c1-6(2)7(8(12)11-10)13-9(3,4)5/h6-7H,10H2,1-5H3,(H,11,12). The smallest absolute Gasteiger partial charge is 0.263 e. The van der Waals surface area contributed by atoms with Crippen molar-refractivity contribution in [3.63, 3.8) is 0 Å². The maximum absolute atomic E-state index is 11.3. The molecule has 0 saturated heterocycles. The zero-order valence-corrected chi connectivity index (χ0v) is 9.05. The predicted octanol–water partition coefficient (Wildman–Crippen LogP) is 0.816. The molecule has 0 rings (SSSR count). The summed E-state index contributed by atoms with van der Waals surface area (Å²) in [6, 6.07) is 0. The van der Waals surface area contributed by atoms with Gasteiger partial charge in [-0.05, 0) is 26.7 Å². The van der Waals surface area contributed by atoms with E-state index in [2.05, 4.69) is 5.43 Å². The lowest BCUT2D eigenvalue weighted by Crippen LogP contribution is -2.46. The molecule has 0 aromatic carbocycles. The van der Waals surface area contributed by atoms with Gasteiger partial charge in [-0.2, -0.15) is 0 Å². The molecular formula is C9H20N2O2. The Morgan fingerprint density at radius 1 is 1.38 bits per heavy atom. The van der Waals surface area contributed by atoms with E-state index < -0.39 is 6.10 Å². The summed E-state index contributed by atoms with van der Waals surface area (Å²) in [5.74, 6) is 4.89. The molecule has 0 saturated carbocycles. The Hall–Kier alpha value is -0.610.